The van der Waals surface area contributed by atoms with Crippen LogP contribution in [-0.2, 0) is 4.74 Å². The molecule has 1 unspecified atom stereocenters. The Balaban J connectivity index is 1.61. The zero-order valence-electron chi connectivity index (χ0n) is 21.9. The van der Waals surface area contributed by atoms with E-state index < -0.39 is 23.9 Å². The van der Waals surface area contributed by atoms with Crippen LogP contribution in [0.1, 0.15) is 27.6 Å². The molecule has 8 nitrogen and oxygen atoms in total. The second-order valence-electron chi connectivity index (χ2n) is 8.42. The lowest BCUT2D eigenvalue weighted by Gasteiger charge is -2.22. The molecule has 4 aromatic carbocycles. The van der Waals surface area contributed by atoms with Crippen LogP contribution in [0.4, 0.5) is 20.6 Å². The molecule has 0 saturated carbocycles. The molecule has 0 saturated heterocycles. The second-order valence-corrected chi connectivity index (χ2v) is 8.86. The largest absolute Gasteiger partial charge is 0.493 e. The Kier molecular flexibility index (Phi) is 9.08. The van der Waals surface area contributed by atoms with Crippen LogP contribution in [0.2, 0.25) is 5.02 Å². The van der Waals surface area contributed by atoms with Gasteiger partial charge in [0.15, 0.2) is 17.6 Å². The number of carbonyl (C=O) groups excluding carboxylic acids is 2. The Morgan fingerprint density at radius 1 is 0.775 bits per heavy atom. The molecule has 0 aromatic heterocycles. The molecule has 2 amide bonds. The fourth-order valence-corrected chi connectivity index (χ4v) is 4.08. The van der Waals surface area contributed by atoms with Crippen LogP contribution in [-0.4, -0.2) is 33.3 Å². The minimum atomic E-state index is -0.908. The Morgan fingerprint density at radius 2 is 1.40 bits per heavy atom. The van der Waals surface area contributed by atoms with Crippen LogP contribution >= 0.6 is 11.6 Å². The number of carbonyl (C=O) groups is 2. The molecule has 1 atom stereocenters. The van der Waals surface area contributed by atoms with Crippen LogP contribution in [0, 0.1) is 5.82 Å². The first-order valence-electron chi connectivity index (χ1n) is 12.0. The molecule has 4 rings (SSSR count). The summed E-state index contributed by atoms with van der Waals surface area (Å²) < 4.78 is 36.5. The molecule has 4 aromatic rings. The van der Waals surface area contributed by atoms with E-state index in [2.05, 4.69) is 10.6 Å². The first-order chi connectivity index (χ1) is 19.3. The van der Waals surface area contributed by atoms with Gasteiger partial charge in [-0.3, -0.25) is 0 Å². The van der Waals surface area contributed by atoms with Gasteiger partial charge in [-0.15, -0.1) is 0 Å². The van der Waals surface area contributed by atoms with Crippen LogP contribution in [0.15, 0.2) is 84.9 Å². The van der Waals surface area contributed by atoms with Crippen molar-refractivity contribution >= 4 is 35.0 Å². The zero-order valence-corrected chi connectivity index (χ0v) is 22.6. The van der Waals surface area contributed by atoms with Gasteiger partial charge in [-0.1, -0.05) is 41.9 Å². The highest BCUT2D eigenvalue weighted by Gasteiger charge is 2.24. The summed E-state index contributed by atoms with van der Waals surface area (Å²) >= 11 is 6.05. The van der Waals surface area contributed by atoms with Gasteiger partial charge in [-0.05, 0) is 54.1 Å². The Labute approximate surface area is 235 Å². The third-order valence-corrected chi connectivity index (χ3v) is 6.14. The van der Waals surface area contributed by atoms with Crippen molar-refractivity contribution in [1.29, 1.82) is 0 Å². The third-order valence-electron chi connectivity index (χ3n) is 5.89. The van der Waals surface area contributed by atoms with E-state index in [0.29, 0.717) is 33.5 Å². The number of halogens is 2. The maximum atomic E-state index is 14.8. The van der Waals surface area contributed by atoms with Crippen molar-refractivity contribution in [2.75, 3.05) is 32.0 Å². The van der Waals surface area contributed by atoms with Gasteiger partial charge >= 0.3 is 12.0 Å². The smallest absolute Gasteiger partial charge is 0.341 e. The SMILES string of the molecule is COC(=O)c1cc(NC(=O)Nc2ccc(OC)c(OC)c2)ccc1OC(c1ccc(Cl)cc1)c1ccccc1F. The molecule has 0 heterocycles. The lowest BCUT2D eigenvalue weighted by molar-refractivity contribution is 0.0594. The monoisotopic (exact) mass is 564 g/mol. The normalized spacial score (nSPS) is 11.2. The minimum Gasteiger partial charge on any atom is -0.493 e. The van der Waals surface area contributed by atoms with Crippen LogP contribution in [0.5, 0.6) is 17.2 Å². The quantitative estimate of drug-likeness (QED) is 0.211. The number of methoxy groups -OCH3 is 3. The van der Waals surface area contributed by atoms with Gasteiger partial charge in [-0.2, -0.15) is 0 Å². The van der Waals surface area contributed by atoms with E-state index in [4.69, 9.17) is 30.5 Å². The van der Waals surface area contributed by atoms with Crippen molar-refractivity contribution in [3.05, 3.63) is 112 Å². The molecule has 0 fully saturated rings. The molecule has 0 radical (unpaired) electrons. The van der Waals surface area contributed by atoms with Crippen molar-refractivity contribution in [1.82, 2.24) is 0 Å². The minimum absolute atomic E-state index is 0.0294. The molecule has 206 valence electrons. The van der Waals surface area contributed by atoms with Crippen molar-refractivity contribution in [3.8, 4) is 17.2 Å². The number of esters is 1. The number of hydrogen-bond acceptors (Lipinski definition) is 6. The number of nitrogens with one attached hydrogen (secondary N) is 2. The summed E-state index contributed by atoms with van der Waals surface area (Å²) in [5.74, 6) is -0.102. The van der Waals surface area contributed by atoms with Crippen molar-refractivity contribution < 1.29 is 32.9 Å². The van der Waals surface area contributed by atoms with Gasteiger partial charge in [0, 0.05) is 28.0 Å². The lowest BCUT2D eigenvalue weighted by Crippen LogP contribution is -2.20. The third kappa shape index (κ3) is 6.62. The van der Waals surface area contributed by atoms with Crippen molar-refractivity contribution in [3.63, 3.8) is 0 Å². The fraction of sp³-hybridized carbons (Fsp3) is 0.133. The standard InChI is InChI=1S/C30H26ClFN2O6/c1-37-26-15-13-21(17-27(26)38-2)34-30(36)33-20-12-14-25(23(16-20)29(35)39-3)40-28(18-8-10-19(31)11-9-18)22-6-4-5-7-24(22)32/h4-17,28H,1-3H3,(H2,33,34,36). The van der Waals surface area contributed by atoms with Crippen LogP contribution in [0.3, 0.4) is 0 Å². The zero-order chi connectivity index (χ0) is 28.6. The number of ether oxygens (including phenoxy) is 4. The topological polar surface area (TPSA) is 95.1 Å². The predicted octanol–water partition coefficient (Wildman–Crippen LogP) is 7.10. The van der Waals surface area contributed by atoms with E-state index in [-0.39, 0.29) is 16.9 Å². The molecular weight excluding hydrogens is 539 g/mol. The summed E-state index contributed by atoms with van der Waals surface area (Å²) in [6.07, 6.45) is -0.908. The number of anilines is 2. The highest BCUT2D eigenvalue weighted by Crippen LogP contribution is 2.34. The molecule has 0 aliphatic heterocycles. The van der Waals surface area contributed by atoms with E-state index in [1.807, 2.05) is 0 Å². The van der Waals surface area contributed by atoms with E-state index in [1.165, 1.54) is 39.5 Å². The molecule has 2 N–H and O–H groups in total. The van der Waals surface area contributed by atoms with Crippen molar-refractivity contribution in [2.24, 2.45) is 0 Å². The molecular formula is C30H26ClFN2O6. The molecule has 0 aliphatic carbocycles. The molecule has 0 bridgehead atoms. The number of hydrogen-bond donors (Lipinski definition) is 2. The summed E-state index contributed by atoms with van der Waals surface area (Å²) in [6, 6.07) is 21.8. The predicted molar refractivity (Wildman–Crippen MR) is 150 cm³/mol. The van der Waals surface area contributed by atoms with Gasteiger partial charge in [0.05, 0.1) is 21.3 Å². The summed E-state index contributed by atoms with van der Waals surface area (Å²) in [5, 5.41) is 5.88. The summed E-state index contributed by atoms with van der Waals surface area (Å²) in [5.41, 5.74) is 1.65. The van der Waals surface area contributed by atoms with Gasteiger partial charge in [0.1, 0.15) is 17.1 Å². The molecule has 40 heavy (non-hydrogen) atoms. The highest BCUT2D eigenvalue weighted by molar-refractivity contribution is 6.30. The Morgan fingerprint density at radius 3 is 2.02 bits per heavy atom. The second kappa shape index (κ2) is 12.9. The number of rotatable bonds is 9. The number of benzene rings is 4. The number of urea groups is 1. The van der Waals surface area contributed by atoms with Crippen LogP contribution < -0.4 is 24.8 Å². The average molecular weight is 565 g/mol. The van der Waals surface area contributed by atoms with Gasteiger partial charge in [0.2, 0.25) is 0 Å². The summed E-state index contributed by atoms with van der Waals surface area (Å²) in [4.78, 5) is 25.4. The summed E-state index contributed by atoms with van der Waals surface area (Å²) in [7, 11) is 4.23. The maximum absolute atomic E-state index is 14.8. The van der Waals surface area contributed by atoms with Crippen molar-refractivity contribution in [2.45, 2.75) is 6.10 Å². The fourth-order valence-electron chi connectivity index (χ4n) is 3.95. The van der Waals surface area contributed by atoms with Gasteiger partial charge < -0.3 is 29.6 Å². The Hall–Kier alpha value is -4.76. The summed E-state index contributed by atoms with van der Waals surface area (Å²) in [6.45, 7) is 0. The van der Waals surface area contributed by atoms with E-state index in [1.54, 1.807) is 66.7 Å². The molecule has 10 heteroatoms. The van der Waals surface area contributed by atoms with E-state index in [0.717, 1.165) is 0 Å². The molecule has 0 spiro atoms. The lowest BCUT2D eigenvalue weighted by atomic mass is 10.0. The van der Waals surface area contributed by atoms with Gasteiger partial charge in [-0.25, -0.2) is 14.0 Å². The molecule has 0 aliphatic rings. The highest BCUT2D eigenvalue weighted by atomic mass is 35.5. The van der Waals surface area contributed by atoms with Crippen LogP contribution in [0.25, 0.3) is 0 Å². The van der Waals surface area contributed by atoms with Gasteiger partial charge in [0.25, 0.3) is 0 Å². The Bertz CT molecular complexity index is 1510. The number of amides is 2. The first kappa shape index (κ1) is 28.3. The first-order valence-corrected chi connectivity index (χ1v) is 12.4. The van der Waals surface area contributed by atoms with E-state index >= 15 is 0 Å². The van der Waals surface area contributed by atoms with E-state index in [9.17, 15) is 14.0 Å². The maximum Gasteiger partial charge on any atom is 0.341 e. The average Bonchev–Trinajstić information content (AvgIpc) is 2.97.